The van der Waals surface area contributed by atoms with Crippen LogP contribution < -0.4 is 21.3 Å². The SMILES string of the molecule is CSCCC(NC(=O)C(NC(=O)C(Cc1ccc(O)cc1)NC(=O)C1CCCN1)C(C)O)C(=O)O. The van der Waals surface area contributed by atoms with Crippen LogP contribution in [0, 0.1) is 0 Å². The van der Waals surface area contributed by atoms with Crippen molar-refractivity contribution < 1.29 is 34.5 Å². The van der Waals surface area contributed by atoms with Crippen LogP contribution in [0.2, 0.25) is 0 Å². The number of nitrogens with one attached hydrogen (secondary N) is 4. The van der Waals surface area contributed by atoms with Crippen molar-refractivity contribution >= 4 is 35.5 Å². The summed E-state index contributed by atoms with van der Waals surface area (Å²) in [5.74, 6) is -2.57. The molecule has 1 aliphatic heterocycles. The molecular weight excluding hydrogens is 476 g/mol. The van der Waals surface area contributed by atoms with Gasteiger partial charge in [0.15, 0.2) is 0 Å². The standard InChI is InChI=1S/C23H34N4O7S/c1-13(28)19(22(32)25-17(23(33)34)9-11-35-2)27-21(31)18(12-14-5-7-15(29)8-6-14)26-20(30)16-4-3-10-24-16/h5-8,13,16-19,24,28-29H,3-4,9-12H2,1-2H3,(H,25,32)(H,26,30)(H,27,31)(H,33,34). The summed E-state index contributed by atoms with van der Waals surface area (Å²) in [6.45, 7) is 2.00. The van der Waals surface area contributed by atoms with Crippen LogP contribution in [0.25, 0.3) is 0 Å². The van der Waals surface area contributed by atoms with Crippen LogP contribution in [0.1, 0.15) is 31.7 Å². The molecule has 1 aromatic carbocycles. The van der Waals surface area contributed by atoms with Gasteiger partial charge >= 0.3 is 5.97 Å². The molecule has 5 unspecified atom stereocenters. The van der Waals surface area contributed by atoms with E-state index in [4.69, 9.17) is 0 Å². The summed E-state index contributed by atoms with van der Waals surface area (Å²) in [5.41, 5.74) is 0.656. The lowest BCUT2D eigenvalue weighted by Gasteiger charge is -2.26. The van der Waals surface area contributed by atoms with Crippen molar-refractivity contribution in [3.63, 3.8) is 0 Å². The van der Waals surface area contributed by atoms with Crippen LogP contribution >= 0.6 is 11.8 Å². The fourth-order valence-corrected chi connectivity index (χ4v) is 4.14. The summed E-state index contributed by atoms with van der Waals surface area (Å²) in [6.07, 6.45) is 2.20. The van der Waals surface area contributed by atoms with E-state index in [-0.39, 0.29) is 24.5 Å². The van der Waals surface area contributed by atoms with Crippen molar-refractivity contribution in [1.29, 1.82) is 0 Å². The van der Waals surface area contributed by atoms with Gasteiger partial charge < -0.3 is 36.6 Å². The molecule has 2 rings (SSSR count). The normalized spacial score (nSPS) is 18.7. The molecule has 11 nitrogen and oxygen atoms in total. The lowest BCUT2D eigenvalue weighted by molar-refractivity contribution is -0.143. The molecule has 194 valence electrons. The van der Waals surface area contributed by atoms with Crippen LogP contribution in [0.4, 0.5) is 0 Å². The second-order valence-corrected chi connectivity index (χ2v) is 9.47. The molecule has 3 amide bonds. The fourth-order valence-electron chi connectivity index (χ4n) is 3.67. The smallest absolute Gasteiger partial charge is 0.326 e. The molecule has 0 radical (unpaired) electrons. The van der Waals surface area contributed by atoms with Crippen molar-refractivity contribution in [1.82, 2.24) is 21.3 Å². The molecule has 1 fully saturated rings. The molecule has 5 atom stereocenters. The lowest BCUT2D eigenvalue weighted by atomic mass is 10.0. The quantitative estimate of drug-likeness (QED) is 0.182. The third kappa shape index (κ3) is 9.04. The highest BCUT2D eigenvalue weighted by Crippen LogP contribution is 2.13. The highest BCUT2D eigenvalue weighted by atomic mass is 32.2. The largest absolute Gasteiger partial charge is 0.508 e. The Morgan fingerprint density at radius 3 is 2.31 bits per heavy atom. The number of hydrogen-bond acceptors (Lipinski definition) is 8. The Balaban J connectivity index is 2.16. The number of aromatic hydroxyl groups is 1. The maximum Gasteiger partial charge on any atom is 0.326 e. The molecule has 1 saturated heterocycles. The Bertz CT molecular complexity index is 875. The van der Waals surface area contributed by atoms with E-state index < -0.39 is 48.1 Å². The van der Waals surface area contributed by atoms with Crippen molar-refractivity contribution in [2.24, 2.45) is 0 Å². The number of carbonyl (C=O) groups is 4. The van der Waals surface area contributed by atoms with Crippen LogP contribution in [0.3, 0.4) is 0 Å². The fraction of sp³-hybridized carbons (Fsp3) is 0.565. The van der Waals surface area contributed by atoms with E-state index in [1.165, 1.54) is 30.8 Å². The number of hydrogen-bond donors (Lipinski definition) is 7. The van der Waals surface area contributed by atoms with Crippen molar-refractivity contribution in [2.75, 3.05) is 18.6 Å². The number of carboxylic acid groups (broad SMARTS) is 1. The number of carboxylic acids is 1. The highest BCUT2D eigenvalue weighted by Gasteiger charge is 2.33. The zero-order valence-electron chi connectivity index (χ0n) is 19.8. The molecule has 0 bridgehead atoms. The van der Waals surface area contributed by atoms with E-state index in [1.54, 1.807) is 12.1 Å². The summed E-state index contributed by atoms with van der Waals surface area (Å²) in [7, 11) is 0. The molecule has 0 spiro atoms. The average molecular weight is 511 g/mol. The van der Waals surface area contributed by atoms with Crippen molar-refractivity contribution in [3.05, 3.63) is 29.8 Å². The number of phenolic OH excluding ortho intramolecular Hbond substituents is 1. The number of aliphatic hydroxyl groups excluding tert-OH is 1. The highest BCUT2D eigenvalue weighted by molar-refractivity contribution is 7.98. The number of rotatable bonds is 13. The van der Waals surface area contributed by atoms with Gasteiger partial charge in [0.2, 0.25) is 17.7 Å². The van der Waals surface area contributed by atoms with Gasteiger partial charge in [-0.1, -0.05) is 12.1 Å². The van der Waals surface area contributed by atoms with Crippen molar-refractivity contribution in [2.45, 2.75) is 62.9 Å². The maximum atomic E-state index is 13.2. The summed E-state index contributed by atoms with van der Waals surface area (Å²) >= 11 is 1.43. The first-order valence-electron chi connectivity index (χ1n) is 11.4. The minimum atomic E-state index is -1.43. The van der Waals surface area contributed by atoms with Gasteiger partial charge in [-0.2, -0.15) is 11.8 Å². The molecule has 0 saturated carbocycles. The van der Waals surface area contributed by atoms with Gasteiger partial charge in [-0.25, -0.2) is 4.79 Å². The minimum Gasteiger partial charge on any atom is -0.508 e. The third-order valence-corrected chi connectivity index (χ3v) is 6.32. The van der Waals surface area contributed by atoms with Crippen molar-refractivity contribution in [3.8, 4) is 5.75 Å². The topological polar surface area (TPSA) is 177 Å². The second-order valence-electron chi connectivity index (χ2n) is 8.49. The monoisotopic (exact) mass is 510 g/mol. The molecule has 0 aromatic heterocycles. The summed E-state index contributed by atoms with van der Waals surface area (Å²) in [6, 6.07) is 2.02. The molecular formula is C23H34N4O7S. The van der Waals surface area contributed by atoms with E-state index in [1.807, 2.05) is 6.26 Å². The minimum absolute atomic E-state index is 0.0502. The zero-order valence-corrected chi connectivity index (χ0v) is 20.6. The van der Waals surface area contributed by atoms with Gasteiger partial charge in [-0.15, -0.1) is 0 Å². The summed E-state index contributed by atoms with van der Waals surface area (Å²) < 4.78 is 0. The van der Waals surface area contributed by atoms with E-state index in [2.05, 4.69) is 21.3 Å². The zero-order chi connectivity index (χ0) is 26.0. The Hall–Kier alpha value is -2.83. The van der Waals surface area contributed by atoms with Gasteiger partial charge in [0.1, 0.15) is 23.9 Å². The van der Waals surface area contributed by atoms with E-state index >= 15 is 0 Å². The average Bonchev–Trinajstić information content (AvgIpc) is 3.35. The first kappa shape index (κ1) is 28.4. The Morgan fingerprint density at radius 2 is 1.77 bits per heavy atom. The summed E-state index contributed by atoms with van der Waals surface area (Å²) in [4.78, 5) is 50.1. The van der Waals surface area contributed by atoms with Gasteiger partial charge in [0, 0.05) is 6.42 Å². The van der Waals surface area contributed by atoms with E-state index in [0.717, 1.165) is 6.42 Å². The van der Waals surface area contributed by atoms with Gasteiger partial charge in [-0.05, 0) is 62.4 Å². The van der Waals surface area contributed by atoms with Crippen LogP contribution in [-0.4, -0.2) is 87.8 Å². The molecule has 12 heteroatoms. The third-order valence-electron chi connectivity index (χ3n) is 5.67. The summed E-state index contributed by atoms with van der Waals surface area (Å²) in [5, 5.41) is 39.7. The number of phenols is 1. The number of benzene rings is 1. The first-order chi connectivity index (χ1) is 16.6. The van der Waals surface area contributed by atoms with Gasteiger partial charge in [0.05, 0.1) is 12.1 Å². The number of aliphatic hydroxyl groups is 1. The van der Waals surface area contributed by atoms with E-state index in [9.17, 15) is 34.5 Å². The first-order valence-corrected chi connectivity index (χ1v) is 12.8. The molecule has 35 heavy (non-hydrogen) atoms. The molecule has 1 aromatic rings. The Morgan fingerprint density at radius 1 is 1.09 bits per heavy atom. The number of carbonyl (C=O) groups excluding carboxylic acids is 3. The molecule has 1 aliphatic rings. The van der Waals surface area contributed by atoms with E-state index in [0.29, 0.717) is 24.3 Å². The van der Waals surface area contributed by atoms with Crippen LogP contribution in [-0.2, 0) is 25.6 Å². The molecule has 7 N–H and O–H groups in total. The predicted molar refractivity (Wildman–Crippen MR) is 131 cm³/mol. The number of thioether (sulfide) groups is 1. The van der Waals surface area contributed by atoms with Gasteiger partial charge in [-0.3, -0.25) is 14.4 Å². The number of aliphatic carboxylic acids is 1. The van der Waals surface area contributed by atoms with Gasteiger partial charge in [0.25, 0.3) is 0 Å². The Kier molecular flexibility index (Phi) is 11.3. The number of amides is 3. The maximum absolute atomic E-state index is 13.2. The van der Waals surface area contributed by atoms with Crippen LogP contribution in [0.15, 0.2) is 24.3 Å². The molecule has 1 heterocycles. The predicted octanol–water partition coefficient (Wildman–Crippen LogP) is -0.640. The molecule has 0 aliphatic carbocycles. The van der Waals surface area contributed by atoms with Crippen LogP contribution in [0.5, 0.6) is 5.75 Å². The lowest BCUT2D eigenvalue weighted by Crippen LogP contribution is -2.60. The Labute approximate surface area is 208 Å². The second kappa shape index (κ2) is 13.9.